The largest absolute Gasteiger partial charge is 1.00 e. The summed E-state index contributed by atoms with van der Waals surface area (Å²) in [5, 5.41) is 39.5. The predicted molar refractivity (Wildman–Crippen MR) is 332 cm³/mol. The normalized spacial score (nSPS) is 13.7. The summed E-state index contributed by atoms with van der Waals surface area (Å²) in [6.07, 6.45) is 23.2. The van der Waals surface area contributed by atoms with E-state index in [0.717, 1.165) is 139 Å². The number of fused-ring (bicyclic) bond motifs is 6. The maximum atomic E-state index is 12.8. The Labute approximate surface area is 613 Å². The van der Waals surface area contributed by atoms with E-state index in [0.29, 0.717) is 29.0 Å². The number of carbonyl (C=O) groups is 1. The first kappa shape index (κ1) is 80.9. The summed E-state index contributed by atoms with van der Waals surface area (Å²) < 4.78 is 33.5. The molecule has 0 amide bonds. The van der Waals surface area contributed by atoms with Gasteiger partial charge in [0.25, 0.3) is 23.2 Å². The van der Waals surface area contributed by atoms with E-state index in [-0.39, 0.29) is 152 Å². The Morgan fingerprint density at radius 1 is 0.705 bits per heavy atom. The van der Waals surface area contributed by atoms with Gasteiger partial charge in [0.15, 0.2) is 16.6 Å². The molecule has 6 aromatic rings. The summed E-state index contributed by atoms with van der Waals surface area (Å²) in [7, 11) is -1.00. The third kappa shape index (κ3) is 25.7. The molecule has 1 saturated heterocycles. The van der Waals surface area contributed by atoms with Crippen molar-refractivity contribution in [1.29, 1.82) is 5.53 Å². The van der Waals surface area contributed by atoms with Gasteiger partial charge in [-0.15, -0.1) is 26.9 Å². The topological polar surface area (TPSA) is 315 Å². The van der Waals surface area contributed by atoms with Crippen molar-refractivity contribution in [3.63, 3.8) is 0 Å². The van der Waals surface area contributed by atoms with Crippen molar-refractivity contribution in [1.82, 2.24) is 57.5 Å². The standard InChI is InChI=1S/C17H27N5O.C16H25N5O2.C11H15N5O.C6H13Cl.C4H8O.CH3F.CH2O3.ClHN4.2K.H/c1-4-5-6-7-9-20-10-8-11-21-16(23)14-12-18-15(13(2)3)22(14)19-17(20)21;1-12(2)14-17-11-13-15(23)20-9-6-8-19(7-4-3-5-10-22)16(20)18-21(13)14;1-7(2)9-13-6-8-10(17)15-5-3-4-12-11(15)14-16(8)9;1-2-3-4-5-6-7;1-2-4-5-3-1;1-2;2-1-4-3;1-3-5-4-2;;;/h12-13H,4-11H2,1-3H3;11-12,22H,3-10H2,1-2H3;6-7H,3-5H2,1-2H3,(H,12,14);2-6H2,1H3;1-4H2;1H3;1,3H;2H;;;/q;;;;;;;;2*+1;-1/p-1/i;;;;;1D;;;;;. The number of imidazole rings is 3. The molecule has 0 radical (unpaired) electrons. The fourth-order valence-electron chi connectivity index (χ4n) is 9.62. The second-order valence-electron chi connectivity index (χ2n) is 21.3. The molecule has 0 aliphatic carbocycles. The summed E-state index contributed by atoms with van der Waals surface area (Å²) in [6, 6.07) is 0. The van der Waals surface area contributed by atoms with Gasteiger partial charge in [0.2, 0.25) is 17.8 Å². The quantitative estimate of drug-likeness (QED) is 0.0199. The molecule has 0 spiro atoms. The van der Waals surface area contributed by atoms with Crippen molar-refractivity contribution in [2.24, 2.45) is 15.1 Å². The number of halogens is 3. The number of aliphatic hydroxyl groups excluding tert-OH is 1. The van der Waals surface area contributed by atoms with E-state index < -0.39 is 7.15 Å². The van der Waals surface area contributed by atoms with Gasteiger partial charge in [-0.2, -0.15) is 5.53 Å². The number of anilines is 3. The van der Waals surface area contributed by atoms with Crippen LogP contribution in [-0.2, 0) is 34.1 Å². The minimum atomic E-state index is -1.00. The van der Waals surface area contributed by atoms with Gasteiger partial charge in [0, 0.05) is 95.8 Å². The van der Waals surface area contributed by atoms with E-state index in [1.165, 1.54) is 57.8 Å². The minimum absolute atomic E-state index is 0. The van der Waals surface area contributed by atoms with Crippen molar-refractivity contribution in [2.45, 2.75) is 196 Å². The molecule has 27 nitrogen and oxygen atoms in total. The van der Waals surface area contributed by atoms with E-state index >= 15 is 0 Å². The molecule has 32 heteroatoms. The Kier molecular flexibility index (Phi) is 43.8. The number of nitrogens with zero attached hydrogens (tertiary/aromatic N) is 17. The molecule has 0 aromatic carbocycles. The number of aliphatic hydroxyl groups is 1. The molecule has 88 heavy (non-hydrogen) atoms. The maximum absolute atomic E-state index is 12.8. The Balaban J connectivity index is 0.00000111. The molecule has 6 aromatic heterocycles. The number of hydrogen-bond acceptors (Lipinski definition) is 19. The van der Waals surface area contributed by atoms with Gasteiger partial charge in [-0.3, -0.25) is 37.3 Å². The molecular formula is C56H94Cl2FK2N19O8. The molecule has 4 aliphatic heterocycles. The average molecular weight is 1330 g/mol. The van der Waals surface area contributed by atoms with E-state index in [9.17, 15) is 18.8 Å². The molecular weight excluding hydrogens is 1230 g/mol. The molecule has 1 fully saturated rings. The van der Waals surface area contributed by atoms with Crippen molar-refractivity contribution >= 4 is 64.2 Å². The van der Waals surface area contributed by atoms with Crippen molar-refractivity contribution in [3.05, 3.63) is 67.1 Å². The van der Waals surface area contributed by atoms with Gasteiger partial charge in [-0.1, -0.05) is 98.5 Å². The molecule has 0 unspecified atom stereocenters. The Morgan fingerprint density at radius 3 is 1.47 bits per heavy atom. The van der Waals surface area contributed by atoms with Gasteiger partial charge < -0.3 is 36.5 Å². The number of ether oxygens (including phenoxy) is 1. The summed E-state index contributed by atoms with van der Waals surface area (Å²) in [4.78, 5) is 66.5. The summed E-state index contributed by atoms with van der Waals surface area (Å²) in [5.41, 5.74) is 7.60. The third-order valence-electron chi connectivity index (χ3n) is 13.9. The molecule has 484 valence electrons. The summed E-state index contributed by atoms with van der Waals surface area (Å²) in [6.45, 7) is 25.6. The summed E-state index contributed by atoms with van der Waals surface area (Å²) in [5.74, 6) is 6.26. The smallest absolute Gasteiger partial charge is 1.00 e. The number of unbranched alkanes of at least 4 members (excludes halogenated alkanes) is 8. The molecule has 10 rings (SSSR count). The average Bonchev–Trinajstić information content (AvgIpc) is 1.51. The zero-order chi connectivity index (χ0) is 64.1. The molecule has 4 aliphatic rings. The van der Waals surface area contributed by atoms with Crippen LogP contribution in [0.1, 0.15) is 196 Å². The van der Waals surface area contributed by atoms with Crippen LogP contribution in [-0.4, -0.2) is 135 Å². The van der Waals surface area contributed by atoms with E-state index in [1.54, 1.807) is 41.3 Å². The third-order valence-corrected chi connectivity index (χ3v) is 14.2. The Bertz CT molecular complexity index is 3010. The van der Waals surface area contributed by atoms with Crippen LogP contribution >= 0.6 is 23.4 Å². The van der Waals surface area contributed by atoms with Crippen LogP contribution < -0.4 is 140 Å². The number of alkyl halides is 2. The van der Waals surface area contributed by atoms with Crippen molar-refractivity contribution in [2.75, 3.05) is 80.7 Å². The zero-order valence-electron chi connectivity index (χ0n) is 55.6. The molecule has 3 N–H and O–H groups in total. The van der Waals surface area contributed by atoms with Gasteiger partial charge in [0.05, 0.1) is 38.9 Å². The van der Waals surface area contributed by atoms with Crippen LogP contribution in [0.2, 0.25) is 0 Å². The van der Waals surface area contributed by atoms with Crippen LogP contribution in [0.4, 0.5) is 22.2 Å². The fourth-order valence-corrected chi connectivity index (χ4v) is 9.84. The number of carbonyl (C=O) groups excluding carboxylic acids is 1. The summed E-state index contributed by atoms with van der Waals surface area (Å²) >= 11 is 9.98. The number of nitrogens with one attached hydrogen (secondary N) is 2. The van der Waals surface area contributed by atoms with E-state index in [2.05, 4.69) is 108 Å². The predicted octanol–water partition coefficient (Wildman–Crippen LogP) is 3.30. The first-order chi connectivity index (χ1) is 42.1. The van der Waals surface area contributed by atoms with E-state index in [1.807, 2.05) is 18.4 Å². The molecule has 10 heterocycles. The Hall–Kier alpha value is -3.22. The van der Waals surface area contributed by atoms with Crippen LogP contribution in [0.25, 0.3) is 16.6 Å². The first-order valence-electron chi connectivity index (χ1n) is 30.7. The SMILES string of the molecule is C1CCOC1.CC(C)c1ncc2c(=O)n3c(nn12)N(CCCCCO)CCC3.CC(C)c1ncc2c(=O)n3c(nn12)NCCC3.CCCCCCCl.CCCCCCN1CCCn2c1nn1c(C(C)C)ncc1c2=O.N=NN=NCl.O=CO[O-].[2H]CF.[H-].[K+].[K+]. The van der Waals surface area contributed by atoms with Gasteiger partial charge in [-0.25, -0.2) is 28.5 Å². The van der Waals surface area contributed by atoms with Crippen LogP contribution in [0, 0.1) is 5.53 Å². The van der Waals surface area contributed by atoms with Gasteiger partial charge in [-0.05, 0) is 74.7 Å². The Morgan fingerprint density at radius 2 is 1.11 bits per heavy atom. The van der Waals surface area contributed by atoms with Crippen molar-refractivity contribution in [3.8, 4) is 0 Å². The first-order valence-corrected chi connectivity index (χ1v) is 30.9. The fraction of sp³-hybridized carbons (Fsp3) is 0.714. The monoisotopic (exact) mass is 1330 g/mol. The molecule has 0 atom stereocenters. The second kappa shape index (κ2) is 47.6. The van der Waals surface area contributed by atoms with Crippen LogP contribution in [0.3, 0.4) is 0 Å². The van der Waals surface area contributed by atoms with Gasteiger partial charge in [0.1, 0.15) is 17.5 Å². The zero-order valence-corrected chi connectivity index (χ0v) is 61.3. The van der Waals surface area contributed by atoms with Crippen LogP contribution in [0.5, 0.6) is 0 Å². The minimum Gasteiger partial charge on any atom is -1.00 e. The number of aromatic nitrogens is 12. The van der Waals surface area contributed by atoms with Crippen molar-refractivity contribution < 1.29 is 135 Å². The number of rotatable bonds is 19. The second-order valence-corrected chi connectivity index (χ2v) is 21.9. The van der Waals surface area contributed by atoms with Gasteiger partial charge >= 0.3 is 103 Å². The van der Waals surface area contributed by atoms with E-state index in [4.69, 9.17) is 48.6 Å². The molecule has 0 bridgehead atoms. The number of hydrogen-bond donors (Lipinski definition) is 3. The molecule has 0 saturated carbocycles. The maximum Gasteiger partial charge on any atom is 1.00 e. The van der Waals surface area contributed by atoms with Crippen LogP contribution in [0.15, 0.2) is 48.1 Å².